The molecule has 11 nitrogen and oxygen atoms in total. The fourth-order valence-electron chi connectivity index (χ4n) is 4.39. The van der Waals surface area contributed by atoms with Gasteiger partial charge in [0.2, 0.25) is 11.8 Å². The molecule has 0 fully saturated rings. The summed E-state index contributed by atoms with van der Waals surface area (Å²) in [5.41, 5.74) is 0.741. The Labute approximate surface area is 263 Å². The second-order valence-corrected chi connectivity index (χ2v) is 12.4. The topological polar surface area (TPSA) is 124 Å². The van der Waals surface area contributed by atoms with Gasteiger partial charge in [0.05, 0.1) is 39.0 Å². The zero-order valence-corrected chi connectivity index (χ0v) is 27.4. The van der Waals surface area contributed by atoms with Crippen LogP contribution in [-0.4, -0.2) is 72.2 Å². The number of carbonyl (C=O) groups excluding carboxylic acids is 2. The Morgan fingerprint density at radius 2 is 1.43 bits per heavy atom. The van der Waals surface area contributed by atoms with E-state index in [1.807, 2.05) is 13.8 Å². The maximum atomic E-state index is 14.3. The molecule has 2 amide bonds. The third kappa shape index (κ3) is 8.06. The minimum atomic E-state index is -4.44. The molecule has 0 aliphatic rings. The molecule has 1 N–H and O–H groups in total. The van der Waals surface area contributed by atoms with Crippen molar-refractivity contribution >= 4 is 39.1 Å². The van der Waals surface area contributed by atoms with E-state index < -0.39 is 34.4 Å². The van der Waals surface area contributed by atoms with Crippen LogP contribution < -0.4 is 28.6 Å². The molecule has 3 aromatic carbocycles. The molecule has 238 valence electrons. The standard InChI is InChI=1S/C31H38ClN3O8S/c1-20(2)33-31(37)21(3)34(18-22-8-11-24(40-4)12-9-22)30(36)19-35(26-16-23(32)10-14-27(26)41-5)44(38,39)25-13-15-28(42-6)29(17-25)43-7/h8-17,20-21H,18-19H2,1-7H3,(H,33,37)/t21-/m1/s1. The van der Waals surface area contributed by atoms with Gasteiger partial charge in [0.15, 0.2) is 11.5 Å². The average molecular weight is 648 g/mol. The highest BCUT2D eigenvalue weighted by molar-refractivity contribution is 7.92. The number of ether oxygens (including phenoxy) is 4. The average Bonchev–Trinajstić information content (AvgIpc) is 3.01. The molecule has 44 heavy (non-hydrogen) atoms. The van der Waals surface area contributed by atoms with Gasteiger partial charge in [-0.25, -0.2) is 8.42 Å². The van der Waals surface area contributed by atoms with Crippen LogP contribution in [0.3, 0.4) is 0 Å². The van der Waals surface area contributed by atoms with E-state index in [-0.39, 0.29) is 39.7 Å². The smallest absolute Gasteiger partial charge is 0.265 e. The first kappa shape index (κ1) is 34.3. The van der Waals surface area contributed by atoms with Crippen LogP contribution in [0.2, 0.25) is 5.02 Å². The predicted molar refractivity (Wildman–Crippen MR) is 168 cm³/mol. The Morgan fingerprint density at radius 1 is 0.818 bits per heavy atom. The van der Waals surface area contributed by atoms with Gasteiger partial charge in [-0.3, -0.25) is 13.9 Å². The van der Waals surface area contributed by atoms with Gasteiger partial charge in [-0.05, 0) is 68.8 Å². The summed E-state index contributed by atoms with van der Waals surface area (Å²) < 4.78 is 50.8. The number of nitrogens with zero attached hydrogens (tertiary/aromatic N) is 2. The van der Waals surface area contributed by atoms with E-state index in [0.29, 0.717) is 17.1 Å². The van der Waals surface area contributed by atoms with E-state index in [1.54, 1.807) is 44.4 Å². The molecule has 3 rings (SSSR count). The zero-order valence-electron chi connectivity index (χ0n) is 25.8. The molecule has 13 heteroatoms. The molecule has 0 aliphatic heterocycles. The summed E-state index contributed by atoms with van der Waals surface area (Å²) >= 11 is 6.30. The van der Waals surface area contributed by atoms with Crippen molar-refractivity contribution in [3.05, 3.63) is 71.2 Å². The lowest BCUT2D eigenvalue weighted by atomic mass is 10.1. The molecule has 0 bridgehead atoms. The third-order valence-electron chi connectivity index (χ3n) is 6.74. The zero-order chi connectivity index (χ0) is 32.6. The second kappa shape index (κ2) is 15.0. The Hall–Kier alpha value is -4.16. The number of halogens is 1. The van der Waals surface area contributed by atoms with Gasteiger partial charge < -0.3 is 29.2 Å². The molecule has 3 aromatic rings. The first-order valence-corrected chi connectivity index (χ1v) is 15.5. The number of sulfonamides is 1. The molecule has 0 unspecified atom stereocenters. The van der Waals surface area contributed by atoms with Crippen molar-refractivity contribution in [2.24, 2.45) is 0 Å². The number of methoxy groups -OCH3 is 4. The quantitative estimate of drug-likeness (QED) is 0.271. The first-order valence-electron chi connectivity index (χ1n) is 13.7. The van der Waals surface area contributed by atoms with Crippen LogP contribution in [0.15, 0.2) is 65.6 Å². The monoisotopic (exact) mass is 647 g/mol. The summed E-state index contributed by atoms with van der Waals surface area (Å²) in [5, 5.41) is 3.05. The van der Waals surface area contributed by atoms with E-state index in [9.17, 15) is 18.0 Å². The molecule has 0 saturated carbocycles. The van der Waals surface area contributed by atoms with Gasteiger partial charge in [-0.2, -0.15) is 0 Å². The van der Waals surface area contributed by atoms with E-state index in [1.165, 1.54) is 56.6 Å². The van der Waals surface area contributed by atoms with Gasteiger partial charge in [-0.15, -0.1) is 0 Å². The fourth-order valence-corrected chi connectivity index (χ4v) is 5.99. The highest BCUT2D eigenvalue weighted by Crippen LogP contribution is 2.37. The summed E-state index contributed by atoms with van der Waals surface area (Å²) in [7, 11) is 1.30. The largest absolute Gasteiger partial charge is 0.497 e. The minimum absolute atomic E-state index is 0.0203. The summed E-state index contributed by atoms with van der Waals surface area (Å²) in [6.45, 7) is 4.55. The number of anilines is 1. The van der Waals surface area contributed by atoms with Crippen molar-refractivity contribution in [3.63, 3.8) is 0 Å². The van der Waals surface area contributed by atoms with Crippen molar-refractivity contribution in [1.82, 2.24) is 10.2 Å². The number of carbonyl (C=O) groups is 2. The molecule has 0 radical (unpaired) electrons. The molecule has 0 heterocycles. The Bertz CT molecular complexity index is 1560. The van der Waals surface area contributed by atoms with Crippen LogP contribution in [0.1, 0.15) is 26.3 Å². The number of hydrogen-bond acceptors (Lipinski definition) is 8. The van der Waals surface area contributed by atoms with Crippen LogP contribution >= 0.6 is 11.6 Å². The van der Waals surface area contributed by atoms with E-state index in [0.717, 1.165) is 4.31 Å². The molecular weight excluding hydrogens is 610 g/mol. The van der Waals surface area contributed by atoms with Crippen molar-refractivity contribution < 1.29 is 37.0 Å². The van der Waals surface area contributed by atoms with Gasteiger partial charge in [0.25, 0.3) is 10.0 Å². The predicted octanol–water partition coefficient (Wildman–Crippen LogP) is 4.51. The Balaban J connectivity index is 2.14. The van der Waals surface area contributed by atoms with Crippen LogP contribution in [0.25, 0.3) is 0 Å². The van der Waals surface area contributed by atoms with Crippen LogP contribution in [-0.2, 0) is 26.2 Å². The van der Waals surface area contributed by atoms with Crippen LogP contribution in [0.5, 0.6) is 23.0 Å². The van der Waals surface area contributed by atoms with Crippen LogP contribution in [0, 0.1) is 0 Å². The number of rotatable bonds is 14. The van der Waals surface area contributed by atoms with Crippen molar-refractivity contribution in [2.75, 3.05) is 39.3 Å². The molecule has 1 atom stereocenters. The maximum absolute atomic E-state index is 14.3. The number of nitrogens with one attached hydrogen (secondary N) is 1. The van der Waals surface area contributed by atoms with Gasteiger partial charge in [0.1, 0.15) is 24.1 Å². The number of benzene rings is 3. The summed E-state index contributed by atoms with van der Waals surface area (Å²) in [6, 6.07) is 14.4. The molecule has 0 aliphatic carbocycles. The van der Waals surface area contributed by atoms with E-state index in [2.05, 4.69) is 5.32 Å². The maximum Gasteiger partial charge on any atom is 0.265 e. The normalized spacial score (nSPS) is 11.8. The molecular formula is C31H38ClN3O8S. The van der Waals surface area contributed by atoms with E-state index >= 15 is 0 Å². The number of hydrogen-bond donors (Lipinski definition) is 1. The van der Waals surface area contributed by atoms with Gasteiger partial charge in [-0.1, -0.05) is 23.7 Å². The van der Waals surface area contributed by atoms with Crippen molar-refractivity contribution in [1.29, 1.82) is 0 Å². The lowest BCUT2D eigenvalue weighted by Crippen LogP contribution is -2.52. The van der Waals surface area contributed by atoms with Crippen LogP contribution in [0.4, 0.5) is 5.69 Å². The Kier molecular flexibility index (Phi) is 11.7. The highest BCUT2D eigenvalue weighted by atomic mass is 35.5. The lowest BCUT2D eigenvalue weighted by molar-refractivity contribution is -0.139. The molecule has 0 saturated heterocycles. The summed E-state index contributed by atoms with van der Waals surface area (Å²) in [4.78, 5) is 28.4. The van der Waals surface area contributed by atoms with Crippen molar-refractivity contribution in [3.8, 4) is 23.0 Å². The first-order chi connectivity index (χ1) is 20.9. The number of amides is 2. The Morgan fingerprint density at radius 3 is 2.00 bits per heavy atom. The summed E-state index contributed by atoms with van der Waals surface area (Å²) in [6.07, 6.45) is 0. The van der Waals surface area contributed by atoms with E-state index in [4.69, 9.17) is 30.5 Å². The third-order valence-corrected chi connectivity index (χ3v) is 8.73. The van der Waals surface area contributed by atoms with Crippen molar-refractivity contribution in [2.45, 2.75) is 44.3 Å². The molecule has 0 spiro atoms. The summed E-state index contributed by atoms with van der Waals surface area (Å²) in [5.74, 6) is 0.258. The second-order valence-electron chi connectivity index (χ2n) is 10.1. The SMILES string of the molecule is COc1ccc(CN(C(=O)CN(c2cc(Cl)ccc2OC)S(=O)(=O)c2ccc(OC)c(OC)c2)[C@H](C)C(=O)NC(C)C)cc1. The molecule has 0 aromatic heterocycles. The fraction of sp³-hybridized carbons (Fsp3) is 0.355. The highest BCUT2D eigenvalue weighted by Gasteiger charge is 2.34. The van der Waals surface area contributed by atoms with Gasteiger partial charge in [0, 0.05) is 23.7 Å². The lowest BCUT2D eigenvalue weighted by Gasteiger charge is -2.32. The van der Waals surface area contributed by atoms with Gasteiger partial charge >= 0.3 is 0 Å². The minimum Gasteiger partial charge on any atom is -0.497 e.